The number of nitrogens with one attached hydrogen (secondary N) is 3. The standard InChI is InChI=1S/C20H30N6O/c1-6-22-19(24-14-20(2,3)18(27)21-4)26(5)13-17-23-12-16(25-17)15-10-8-7-9-11-15/h7-12H,6,13-14H2,1-5H3,(H,21,27)(H,22,24)(H,23,25). The smallest absolute Gasteiger partial charge is 0.227 e. The van der Waals surface area contributed by atoms with Gasteiger partial charge in [-0.25, -0.2) is 4.98 Å². The molecule has 0 aliphatic rings. The molecule has 2 rings (SSSR count). The van der Waals surface area contributed by atoms with E-state index in [0.717, 1.165) is 29.6 Å². The van der Waals surface area contributed by atoms with E-state index in [9.17, 15) is 4.79 Å². The van der Waals surface area contributed by atoms with Gasteiger partial charge >= 0.3 is 0 Å². The fourth-order valence-corrected chi connectivity index (χ4v) is 2.66. The van der Waals surface area contributed by atoms with E-state index in [4.69, 9.17) is 0 Å². The zero-order chi connectivity index (χ0) is 19.9. The van der Waals surface area contributed by atoms with Gasteiger partial charge in [0.1, 0.15) is 5.82 Å². The van der Waals surface area contributed by atoms with Crippen LogP contribution in [0.2, 0.25) is 0 Å². The van der Waals surface area contributed by atoms with E-state index in [-0.39, 0.29) is 5.91 Å². The zero-order valence-electron chi connectivity index (χ0n) is 16.8. The molecule has 2 aromatic rings. The molecular weight excluding hydrogens is 340 g/mol. The van der Waals surface area contributed by atoms with Gasteiger partial charge in [0.2, 0.25) is 5.91 Å². The van der Waals surface area contributed by atoms with Crippen molar-refractivity contribution in [1.29, 1.82) is 0 Å². The van der Waals surface area contributed by atoms with Crippen molar-refractivity contribution in [2.24, 2.45) is 10.4 Å². The van der Waals surface area contributed by atoms with Crippen LogP contribution in [0.5, 0.6) is 0 Å². The topological polar surface area (TPSA) is 85.4 Å². The van der Waals surface area contributed by atoms with Crippen molar-refractivity contribution in [2.45, 2.75) is 27.3 Å². The van der Waals surface area contributed by atoms with Crippen molar-refractivity contribution in [1.82, 2.24) is 25.5 Å². The lowest BCUT2D eigenvalue weighted by Gasteiger charge is -2.24. The molecule has 1 aromatic carbocycles. The molecule has 0 radical (unpaired) electrons. The summed E-state index contributed by atoms with van der Waals surface area (Å²) in [5.41, 5.74) is 1.52. The molecule has 1 amide bonds. The molecule has 0 saturated carbocycles. The van der Waals surface area contributed by atoms with Gasteiger partial charge in [-0.3, -0.25) is 9.79 Å². The normalized spacial score (nSPS) is 12.0. The summed E-state index contributed by atoms with van der Waals surface area (Å²) in [7, 11) is 3.60. The molecular formula is C20H30N6O. The van der Waals surface area contributed by atoms with Crippen LogP contribution in [0.15, 0.2) is 41.5 Å². The minimum absolute atomic E-state index is 0.0247. The van der Waals surface area contributed by atoms with Gasteiger partial charge in [0.05, 0.1) is 30.4 Å². The fraction of sp³-hybridized carbons (Fsp3) is 0.450. The molecule has 7 heteroatoms. The van der Waals surface area contributed by atoms with E-state index >= 15 is 0 Å². The minimum Gasteiger partial charge on any atom is -0.359 e. The van der Waals surface area contributed by atoms with Gasteiger partial charge in [-0.2, -0.15) is 0 Å². The highest BCUT2D eigenvalue weighted by atomic mass is 16.2. The van der Waals surface area contributed by atoms with Crippen LogP contribution in [-0.4, -0.2) is 53.9 Å². The van der Waals surface area contributed by atoms with Crippen molar-refractivity contribution in [3.05, 3.63) is 42.4 Å². The first-order chi connectivity index (χ1) is 12.9. The molecule has 3 N–H and O–H groups in total. The SMILES string of the molecule is CCNC(=NCC(C)(C)C(=O)NC)N(C)Cc1ncc(-c2ccccc2)[nH]1. The molecule has 1 aromatic heterocycles. The van der Waals surface area contributed by atoms with Crippen LogP contribution in [0.4, 0.5) is 0 Å². The van der Waals surface area contributed by atoms with E-state index in [2.05, 4.69) is 25.6 Å². The number of carbonyl (C=O) groups is 1. The van der Waals surface area contributed by atoms with Crippen molar-refractivity contribution < 1.29 is 4.79 Å². The number of amides is 1. The number of H-pyrrole nitrogens is 1. The predicted octanol–water partition coefficient (Wildman–Crippen LogP) is 2.25. The average molecular weight is 371 g/mol. The number of nitrogens with zero attached hydrogens (tertiary/aromatic N) is 3. The number of aromatic amines is 1. The second kappa shape index (κ2) is 9.21. The summed E-state index contributed by atoms with van der Waals surface area (Å²) in [6, 6.07) is 10.1. The molecule has 0 aliphatic heterocycles. The Labute approximate surface area is 161 Å². The second-order valence-electron chi connectivity index (χ2n) is 7.10. The van der Waals surface area contributed by atoms with Crippen LogP contribution in [0.3, 0.4) is 0 Å². The first-order valence-corrected chi connectivity index (χ1v) is 9.18. The van der Waals surface area contributed by atoms with Gasteiger partial charge in [-0.1, -0.05) is 30.3 Å². The Balaban J connectivity index is 2.08. The molecule has 0 atom stereocenters. The molecule has 7 nitrogen and oxygen atoms in total. The van der Waals surface area contributed by atoms with Gasteiger partial charge in [-0.15, -0.1) is 0 Å². The second-order valence-corrected chi connectivity index (χ2v) is 7.10. The third kappa shape index (κ3) is 5.57. The Hall–Kier alpha value is -2.83. The van der Waals surface area contributed by atoms with E-state index < -0.39 is 5.41 Å². The third-order valence-electron chi connectivity index (χ3n) is 4.26. The summed E-state index contributed by atoms with van der Waals surface area (Å²) in [5.74, 6) is 1.57. The van der Waals surface area contributed by atoms with Crippen LogP contribution in [0.1, 0.15) is 26.6 Å². The molecule has 146 valence electrons. The molecule has 0 aliphatic carbocycles. The predicted molar refractivity (Wildman–Crippen MR) is 109 cm³/mol. The maximum absolute atomic E-state index is 12.0. The van der Waals surface area contributed by atoms with Crippen LogP contribution in [0, 0.1) is 5.41 Å². The summed E-state index contributed by atoms with van der Waals surface area (Å²) >= 11 is 0. The summed E-state index contributed by atoms with van der Waals surface area (Å²) in [5, 5.41) is 5.96. The largest absolute Gasteiger partial charge is 0.359 e. The number of carbonyl (C=O) groups excluding carboxylic acids is 1. The summed E-state index contributed by atoms with van der Waals surface area (Å²) in [4.78, 5) is 26.5. The van der Waals surface area contributed by atoms with Crippen molar-refractivity contribution in [3.63, 3.8) is 0 Å². The molecule has 0 spiro atoms. The van der Waals surface area contributed by atoms with Crippen LogP contribution in [-0.2, 0) is 11.3 Å². The molecule has 0 saturated heterocycles. The highest BCUT2D eigenvalue weighted by Crippen LogP contribution is 2.17. The highest BCUT2D eigenvalue weighted by molar-refractivity contribution is 5.83. The first-order valence-electron chi connectivity index (χ1n) is 9.18. The van der Waals surface area contributed by atoms with Gasteiger partial charge in [0.15, 0.2) is 5.96 Å². The van der Waals surface area contributed by atoms with Crippen molar-refractivity contribution in [2.75, 3.05) is 27.2 Å². The van der Waals surface area contributed by atoms with E-state index in [1.54, 1.807) is 7.05 Å². The Bertz CT molecular complexity index is 766. The Morgan fingerprint density at radius 1 is 1.30 bits per heavy atom. The van der Waals surface area contributed by atoms with Gasteiger partial charge in [-0.05, 0) is 26.3 Å². The molecule has 0 fully saturated rings. The average Bonchev–Trinajstić information content (AvgIpc) is 3.13. The number of hydrogen-bond acceptors (Lipinski definition) is 3. The lowest BCUT2D eigenvalue weighted by molar-refractivity contribution is -0.128. The number of aliphatic imine (C=N–C) groups is 1. The quantitative estimate of drug-likeness (QED) is 0.515. The van der Waals surface area contributed by atoms with Gasteiger partial charge < -0.3 is 20.5 Å². The summed E-state index contributed by atoms with van der Waals surface area (Å²) < 4.78 is 0. The zero-order valence-corrected chi connectivity index (χ0v) is 16.8. The first kappa shape index (κ1) is 20.5. The molecule has 1 heterocycles. The number of hydrogen-bond donors (Lipinski definition) is 3. The molecule has 0 unspecified atom stereocenters. The van der Waals surface area contributed by atoms with Crippen molar-refractivity contribution in [3.8, 4) is 11.3 Å². The molecule has 0 bridgehead atoms. The molecule has 27 heavy (non-hydrogen) atoms. The van der Waals surface area contributed by atoms with E-state index in [1.807, 2.05) is 69.2 Å². The van der Waals surface area contributed by atoms with E-state index in [0.29, 0.717) is 13.1 Å². The Kier molecular flexibility index (Phi) is 6.98. The van der Waals surface area contributed by atoms with Crippen molar-refractivity contribution >= 4 is 11.9 Å². The van der Waals surface area contributed by atoms with Crippen LogP contribution >= 0.6 is 0 Å². The number of guanidine groups is 1. The Morgan fingerprint density at radius 3 is 2.63 bits per heavy atom. The number of aromatic nitrogens is 2. The number of benzene rings is 1. The lowest BCUT2D eigenvalue weighted by Crippen LogP contribution is -2.41. The maximum Gasteiger partial charge on any atom is 0.227 e. The number of rotatable bonds is 7. The van der Waals surface area contributed by atoms with Crippen LogP contribution in [0.25, 0.3) is 11.3 Å². The monoisotopic (exact) mass is 370 g/mol. The van der Waals surface area contributed by atoms with E-state index in [1.165, 1.54) is 0 Å². The lowest BCUT2D eigenvalue weighted by atomic mass is 9.93. The number of imidazole rings is 1. The van der Waals surface area contributed by atoms with Gasteiger partial charge in [0, 0.05) is 20.6 Å². The third-order valence-corrected chi connectivity index (χ3v) is 4.26. The fourth-order valence-electron chi connectivity index (χ4n) is 2.66. The summed E-state index contributed by atoms with van der Waals surface area (Å²) in [6.07, 6.45) is 1.84. The summed E-state index contributed by atoms with van der Waals surface area (Å²) in [6.45, 7) is 7.52. The maximum atomic E-state index is 12.0. The minimum atomic E-state index is -0.568. The highest BCUT2D eigenvalue weighted by Gasteiger charge is 2.26. The van der Waals surface area contributed by atoms with Gasteiger partial charge in [0.25, 0.3) is 0 Å². The Morgan fingerprint density at radius 2 is 2.00 bits per heavy atom. The van der Waals surface area contributed by atoms with Crippen LogP contribution < -0.4 is 10.6 Å².